The molecule has 19 heavy (non-hydrogen) atoms. The van der Waals surface area contributed by atoms with Crippen molar-refractivity contribution >= 4 is 39.3 Å². The summed E-state index contributed by atoms with van der Waals surface area (Å²) in [6, 6.07) is 5.19. The Morgan fingerprint density at radius 1 is 1.58 bits per heavy atom. The number of halogens is 2. The zero-order valence-corrected chi connectivity index (χ0v) is 12.4. The highest BCUT2D eigenvalue weighted by atomic mass is 79.9. The van der Waals surface area contributed by atoms with E-state index >= 15 is 0 Å². The summed E-state index contributed by atoms with van der Waals surface area (Å²) in [5.74, 6) is 0.739. The number of carbonyl (C=O) groups excluding carboxylic acids is 1. The van der Waals surface area contributed by atoms with E-state index in [9.17, 15) is 4.79 Å². The van der Waals surface area contributed by atoms with Gasteiger partial charge in [-0.25, -0.2) is 0 Å². The molecule has 100 valence electrons. The van der Waals surface area contributed by atoms with Crippen LogP contribution in [-0.2, 0) is 4.79 Å². The molecule has 0 aliphatic rings. The minimum Gasteiger partial charge on any atom is -0.482 e. The number of rotatable bonds is 4. The highest BCUT2D eigenvalue weighted by Gasteiger charge is 2.08. The first-order chi connectivity index (χ1) is 9.06. The van der Waals surface area contributed by atoms with Crippen LogP contribution in [0.4, 0.5) is 5.82 Å². The number of hydrogen-bond acceptors (Lipinski definition) is 3. The van der Waals surface area contributed by atoms with E-state index in [1.54, 1.807) is 24.4 Å². The number of aromatic amines is 1. The fourth-order valence-corrected chi connectivity index (χ4v) is 2.11. The number of benzene rings is 1. The predicted octanol–water partition coefficient (Wildman–Crippen LogP) is 3.15. The number of carbonyl (C=O) groups is 1. The van der Waals surface area contributed by atoms with Gasteiger partial charge in [0.2, 0.25) is 0 Å². The van der Waals surface area contributed by atoms with Crippen molar-refractivity contribution in [3.63, 3.8) is 0 Å². The summed E-state index contributed by atoms with van der Waals surface area (Å²) in [6.07, 6.45) is 1.63. The molecule has 0 spiro atoms. The molecule has 1 aromatic heterocycles. The quantitative estimate of drug-likeness (QED) is 0.895. The van der Waals surface area contributed by atoms with Gasteiger partial charge in [-0.1, -0.05) is 27.5 Å². The smallest absolute Gasteiger partial charge is 0.263 e. The SMILES string of the molecule is Cc1cn[nH]c1NC(=O)COc1ccc(Br)cc1Cl. The maximum absolute atomic E-state index is 11.7. The van der Waals surface area contributed by atoms with Crippen LogP contribution in [0, 0.1) is 6.92 Å². The Kier molecular flexibility index (Phi) is 4.44. The number of nitrogens with one attached hydrogen (secondary N) is 2. The maximum atomic E-state index is 11.7. The van der Waals surface area contributed by atoms with Crippen molar-refractivity contribution in [3.8, 4) is 5.75 Å². The molecule has 0 aliphatic carbocycles. The lowest BCUT2D eigenvalue weighted by Gasteiger charge is -2.08. The molecule has 0 fully saturated rings. The van der Waals surface area contributed by atoms with Gasteiger partial charge in [0.05, 0.1) is 11.2 Å². The molecule has 0 aliphatic heterocycles. The van der Waals surface area contributed by atoms with Gasteiger partial charge in [0.25, 0.3) is 5.91 Å². The summed E-state index contributed by atoms with van der Waals surface area (Å²) in [6.45, 7) is 1.71. The van der Waals surface area contributed by atoms with E-state index < -0.39 is 0 Å². The Morgan fingerprint density at radius 2 is 2.37 bits per heavy atom. The molecule has 0 radical (unpaired) electrons. The zero-order chi connectivity index (χ0) is 13.8. The van der Waals surface area contributed by atoms with Crippen molar-refractivity contribution in [2.45, 2.75) is 6.92 Å². The topological polar surface area (TPSA) is 67.0 Å². The van der Waals surface area contributed by atoms with Crippen LogP contribution in [0.25, 0.3) is 0 Å². The van der Waals surface area contributed by atoms with Gasteiger partial charge < -0.3 is 10.1 Å². The highest BCUT2D eigenvalue weighted by Crippen LogP contribution is 2.27. The van der Waals surface area contributed by atoms with Crippen LogP contribution in [0.2, 0.25) is 5.02 Å². The summed E-state index contributed by atoms with van der Waals surface area (Å²) in [5, 5.41) is 9.59. The van der Waals surface area contributed by atoms with E-state index in [-0.39, 0.29) is 12.5 Å². The number of hydrogen-bond donors (Lipinski definition) is 2. The number of amides is 1. The highest BCUT2D eigenvalue weighted by molar-refractivity contribution is 9.10. The molecule has 5 nitrogen and oxygen atoms in total. The Hall–Kier alpha value is -1.53. The van der Waals surface area contributed by atoms with Crippen molar-refractivity contribution in [1.82, 2.24) is 10.2 Å². The minimum atomic E-state index is -0.286. The first-order valence-corrected chi connectivity index (χ1v) is 6.61. The largest absolute Gasteiger partial charge is 0.482 e. The third-order valence-electron chi connectivity index (χ3n) is 2.35. The molecular weight excluding hydrogens is 334 g/mol. The number of nitrogens with zero attached hydrogens (tertiary/aromatic N) is 1. The molecule has 1 amide bonds. The van der Waals surface area contributed by atoms with Crippen LogP contribution in [0.15, 0.2) is 28.9 Å². The molecule has 0 bridgehead atoms. The Balaban J connectivity index is 1.92. The van der Waals surface area contributed by atoms with Gasteiger partial charge in [-0.15, -0.1) is 0 Å². The molecule has 2 rings (SSSR count). The molecule has 0 unspecified atom stereocenters. The van der Waals surface area contributed by atoms with Crippen molar-refractivity contribution in [2.75, 3.05) is 11.9 Å². The Morgan fingerprint density at radius 3 is 3.00 bits per heavy atom. The molecule has 0 saturated carbocycles. The average molecular weight is 345 g/mol. The summed E-state index contributed by atoms with van der Waals surface area (Å²) in [7, 11) is 0. The van der Waals surface area contributed by atoms with Crippen LogP contribution in [-0.4, -0.2) is 22.7 Å². The van der Waals surface area contributed by atoms with Crippen molar-refractivity contribution in [3.05, 3.63) is 39.5 Å². The predicted molar refractivity (Wildman–Crippen MR) is 76.6 cm³/mol. The van der Waals surface area contributed by atoms with Crippen molar-refractivity contribution < 1.29 is 9.53 Å². The number of ether oxygens (including phenoxy) is 1. The zero-order valence-electron chi connectivity index (χ0n) is 10.0. The van der Waals surface area contributed by atoms with Crippen LogP contribution in [0.5, 0.6) is 5.75 Å². The van der Waals surface area contributed by atoms with Crippen LogP contribution in [0.3, 0.4) is 0 Å². The second kappa shape index (κ2) is 6.08. The second-order valence-electron chi connectivity index (χ2n) is 3.84. The van der Waals surface area contributed by atoms with Gasteiger partial charge in [-0.05, 0) is 25.1 Å². The molecule has 0 saturated heterocycles. The van der Waals surface area contributed by atoms with Crippen LogP contribution in [0.1, 0.15) is 5.56 Å². The average Bonchev–Trinajstić information content (AvgIpc) is 2.74. The number of aryl methyl sites for hydroxylation is 1. The van der Waals surface area contributed by atoms with E-state index in [1.165, 1.54) is 0 Å². The number of anilines is 1. The van der Waals surface area contributed by atoms with Gasteiger partial charge in [-0.2, -0.15) is 5.10 Å². The summed E-state index contributed by atoms with van der Waals surface area (Å²) < 4.78 is 6.19. The van der Waals surface area contributed by atoms with E-state index in [0.29, 0.717) is 16.6 Å². The normalized spacial score (nSPS) is 10.3. The molecule has 2 N–H and O–H groups in total. The van der Waals surface area contributed by atoms with Gasteiger partial charge in [0.1, 0.15) is 11.6 Å². The van der Waals surface area contributed by atoms with E-state index in [0.717, 1.165) is 10.0 Å². The minimum absolute atomic E-state index is 0.125. The second-order valence-corrected chi connectivity index (χ2v) is 5.16. The van der Waals surface area contributed by atoms with E-state index in [4.69, 9.17) is 16.3 Å². The molecule has 0 atom stereocenters. The molecule has 1 aromatic carbocycles. The number of aromatic nitrogens is 2. The van der Waals surface area contributed by atoms with E-state index in [1.807, 2.05) is 6.92 Å². The third-order valence-corrected chi connectivity index (χ3v) is 3.13. The van der Waals surface area contributed by atoms with Crippen LogP contribution >= 0.6 is 27.5 Å². The first-order valence-electron chi connectivity index (χ1n) is 5.44. The standard InChI is InChI=1S/C12H11BrClN3O2/c1-7-5-15-17-12(7)16-11(18)6-19-10-3-2-8(13)4-9(10)14/h2-5H,6H2,1H3,(H2,15,16,17,18). The molecule has 7 heteroatoms. The lowest BCUT2D eigenvalue weighted by Crippen LogP contribution is -2.20. The van der Waals surface area contributed by atoms with Crippen molar-refractivity contribution in [2.24, 2.45) is 0 Å². The van der Waals surface area contributed by atoms with Gasteiger partial charge in [0.15, 0.2) is 6.61 Å². The Labute approximate surface area is 123 Å². The van der Waals surface area contributed by atoms with Crippen LogP contribution < -0.4 is 10.1 Å². The van der Waals surface area contributed by atoms with E-state index in [2.05, 4.69) is 31.4 Å². The molecule has 2 aromatic rings. The lowest BCUT2D eigenvalue weighted by atomic mass is 10.3. The lowest BCUT2D eigenvalue weighted by molar-refractivity contribution is -0.118. The van der Waals surface area contributed by atoms with Gasteiger partial charge in [-0.3, -0.25) is 9.89 Å². The number of H-pyrrole nitrogens is 1. The first kappa shape index (κ1) is 13.9. The molecule has 1 heterocycles. The molecular formula is C12H11BrClN3O2. The summed E-state index contributed by atoms with van der Waals surface area (Å²) in [5.41, 5.74) is 0.857. The maximum Gasteiger partial charge on any atom is 0.263 e. The third kappa shape index (κ3) is 3.71. The summed E-state index contributed by atoms with van der Waals surface area (Å²) >= 11 is 9.27. The fraction of sp³-hybridized carbons (Fsp3) is 0.167. The van der Waals surface area contributed by atoms with Gasteiger partial charge >= 0.3 is 0 Å². The fourth-order valence-electron chi connectivity index (χ4n) is 1.38. The summed E-state index contributed by atoms with van der Waals surface area (Å²) in [4.78, 5) is 11.7. The van der Waals surface area contributed by atoms with Crippen molar-refractivity contribution in [1.29, 1.82) is 0 Å². The van der Waals surface area contributed by atoms with Gasteiger partial charge in [0, 0.05) is 10.0 Å². The Bertz CT molecular complexity index is 600. The monoisotopic (exact) mass is 343 g/mol.